The number of carbonyl (C=O) groups is 1. The van der Waals surface area contributed by atoms with E-state index in [0.29, 0.717) is 6.42 Å². The van der Waals surface area contributed by atoms with Crippen molar-refractivity contribution in [1.29, 1.82) is 0 Å². The lowest BCUT2D eigenvalue weighted by atomic mass is 10.1. The zero-order chi connectivity index (χ0) is 20.0. The van der Waals surface area contributed by atoms with Crippen LogP contribution >= 0.6 is 11.8 Å². The first-order chi connectivity index (χ1) is 12.5. The lowest BCUT2D eigenvalue weighted by molar-refractivity contribution is -0.137. The molecule has 2 aliphatic rings. The van der Waals surface area contributed by atoms with E-state index < -0.39 is 38.8 Å². The second-order valence-corrected chi connectivity index (χ2v) is 10.1. The Kier molecular flexibility index (Phi) is 5.33. The minimum atomic E-state index is -4.61. The first kappa shape index (κ1) is 20.2. The van der Waals surface area contributed by atoms with Crippen LogP contribution in [0.15, 0.2) is 29.3 Å². The predicted molar refractivity (Wildman–Crippen MR) is 99.6 cm³/mol. The van der Waals surface area contributed by atoms with Crippen LogP contribution in [0.4, 0.5) is 18.9 Å². The molecule has 2 saturated heterocycles. The Bertz CT molecular complexity index is 884. The van der Waals surface area contributed by atoms with E-state index in [1.807, 2.05) is 6.92 Å². The zero-order valence-electron chi connectivity index (χ0n) is 14.7. The molecule has 27 heavy (non-hydrogen) atoms. The summed E-state index contributed by atoms with van der Waals surface area (Å²) in [5.41, 5.74) is -1.04. The van der Waals surface area contributed by atoms with Crippen molar-refractivity contribution >= 4 is 38.4 Å². The van der Waals surface area contributed by atoms with E-state index in [1.54, 1.807) is 6.92 Å². The molecule has 10 heteroatoms. The third-order valence-electron chi connectivity index (χ3n) is 4.78. The maximum Gasteiger partial charge on any atom is 0.418 e. The molecular weight excluding hydrogens is 401 g/mol. The van der Waals surface area contributed by atoms with Crippen molar-refractivity contribution < 1.29 is 26.4 Å². The van der Waals surface area contributed by atoms with Gasteiger partial charge in [0, 0.05) is 11.2 Å². The van der Waals surface area contributed by atoms with E-state index in [-0.39, 0.29) is 28.3 Å². The van der Waals surface area contributed by atoms with Gasteiger partial charge in [0.05, 0.1) is 28.8 Å². The number of halogens is 3. The molecule has 0 saturated carbocycles. The summed E-state index contributed by atoms with van der Waals surface area (Å²) in [6.07, 6.45) is -4.05. The van der Waals surface area contributed by atoms with Gasteiger partial charge in [-0.3, -0.25) is 4.79 Å². The van der Waals surface area contributed by atoms with Crippen molar-refractivity contribution in [2.45, 2.75) is 37.7 Å². The maximum atomic E-state index is 13.5. The van der Waals surface area contributed by atoms with E-state index in [2.05, 4.69) is 4.99 Å². The SMILES string of the molecule is CC[C@@H](C)C(=O)N=C1S[C@H]2CS(=O)(=O)C[C@@H]2N1c1ccccc1C(F)(F)F. The largest absolute Gasteiger partial charge is 0.418 e. The quantitative estimate of drug-likeness (QED) is 0.750. The average Bonchev–Trinajstić information content (AvgIpc) is 3.03. The van der Waals surface area contributed by atoms with Crippen molar-refractivity contribution in [3.05, 3.63) is 29.8 Å². The Morgan fingerprint density at radius 3 is 2.63 bits per heavy atom. The number of hydrogen-bond donors (Lipinski definition) is 0. The molecule has 1 amide bonds. The van der Waals surface area contributed by atoms with Crippen LogP contribution in [0.5, 0.6) is 0 Å². The highest BCUT2D eigenvalue weighted by molar-refractivity contribution is 8.16. The number of hydrogen-bond acceptors (Lipinski definition) is 4. The zero-order valence-corrected chi connectivity index (χ0v) is 16.4. The van der Waals surface area contributed by atoms with Crippen LogP contribution < -0.4 is 4.90 Å². The summed E-state index contributed by atoms with van der Waals surface area (Å²) in [7, 11) is -3.35. The second kappa shape index (κ2) is 7.12. The fraction of sp³-hybridized carbons (Fsp3) is 0.529. The van der Waals surface area contributed by atoms with Crippen LogP contribution in [0, 0.1) is 5.92 Å². The molecule has 0 N–H and O–H groups in total. The Hall–Kier alpha value is -1.55. The van der Waals surface area contributed by atoms with Gasteiger partial charge >= 0.3 is 6.18 Å². The highest BCUT2D eigenvalue weighted by Crippen LogP contribution is 2.45. The number of benzene rings is 1. The first-order valence-corrected chi connectivity index (χ1v) is 11.2. The summed E-state index contributed by atoms with van der Waals surface area (Å²) in [5.74, 6) is -1.17. The molecule has 2 heterocycles. The molecule has 3 atom stereocenters. The number of fused-ring (bicyclic) bond motifs is 1. The number of aliphatic imine (C=N–C) groups is 1. The number of carbonyl (C=O) groups excluding carboxylic acids is 1. The number of sulfone groups is 1. The molecule has 5 nitrogen and oxygen atoms in total. The van der Waals surface area contributed by atoms with Gasteiger partial charge in [-0.2, -0.15) is 18.2 Å². The lowest BCUT2D eigenvalue weighted by Crippen LogP contribution is -2.39. The number of nitrogens with zero attached hydrogens (tertiary/aromatic N) is 2. The summed E-state index contributed by atoms with van der Waals surface area (Å²) >= 11 is 1.07. The highest BCUT2D eigenvalue weighted by Gasteiger charge is 2.51. The van der Waals surface area contributed by atoms with Gasteiger partial charge < -0.3 is 4.90 Å². The van der Waals surface area contributed by atoms with E-state index >= 15 is 0 Å². The molecule has 0 bridgehead atoms. The molecular formula is C17H19F3N2O3S2. The van der Waals surface area contributed by atoms with Crippen molar-refractivity contribution in [3.63, 3.8) is 0 Å². The average molecular weight is 420 g/mol. The number of para-hydroxylation sites is 1. The van der Waals surface area contributed by atoms with Crippen molar-refractivity contribution in [2.75, 3.05) is 16.4 Å². The minimum absolute atomic E-state index is 0.135. The van der Waals surface area contributed by atoms with Gasteiger partial charge in [-0.15, -0.1) is 0 Å². The standard InChI is InChI=1S/C17H19F3N2O3S2/c1-3-10(2)15(23)21-16-22(13-8-27(24,25)9-14(13)26-16)12-7-5-4-6-11(12)17(18,19)20/h4-7,10,13-14H,3,8-9H2,1-2H3/t10-,13+,14+/m1/s1. The smallest absolute Gasteiger partial charge is 0.315 e. The van der Waals surface area contributed by atoms with Crippen molar-refractivity contribution in [1.82, 2.24) is 0 Å². The van der Waals surface area contributed by atoms with Gasteiger partial charge in [-0.1, -0.05) is 37.7 Å². The third kappa shape index (κ3) is 4.01. The van der Waals surface area contributed by atoms with E-state index in [9.17, 15) is 26.4 Å². The normalized spacial score (nSPS) is 27.0. The van der Waals surface area contributed by atoms with Gasteiger partial charge in [0.15, 0.2) is 15.0 Å². The number of alkyl halides is 3. The summed E-state index contributed by atoms with van der Waals surface area (Å²) in [4.78, 5) is 17.6. The van der Waals surface area contributed by atoms with E-state index in [4.69, 9.17) is 0 Å². The van der Waals surface area contributed by atoms with Gasteiger partial charge in [-0.25, -0.2) is 8.42 Å². The van der Waals surface area contributed by atoms with E-state index in [1.165, 1.54) is 23.1 Å². The van der Waals surface area contributed by atoms with Crippen LogP contribution in [-0.4, -0.2) is 42.3 Å². The second-order valence-electron chi connectivity index (χ2n) is 6.73. The van der Waals surface area contributed by atoms with Gasteiger partial charge in [0.1, 0.15) is 0 Å². The first-order valence-electron chi connectivity index (χ1n) is 8.48. The Morgan fingerprint density at radius 1 is 1.33 bits per heavy atom. The Balaban J connectivity index is 2.10. The molecule has 1 aromatic carbocycles. The monoisotopic (exact) mass is 420 g/mol. The van der Waals surface area contributed by atoms with Crippen molar-refractivity contribution in [2.24, 2.45) is 10.9 Å². The predicted octanol–water partition coefficient (Wildman–Crippen LogP) is 3.35. The van der Waals surface area contributed by atoms with Gasteiger partial charge in [0.2, 0.25) is 0 Å². The van der Waals surface area contributed by atoms with Gasteiger partial charge in [0.25, 0.3) is 5.91 Å². The summed E-state index contributed by atoms with van der Waals surface area (Å²) in [6.45, 7) is 3.52. The van der Waals surface area contributed by atoms with Crippen LogP contribution in [0.2, 0.25) is 0 Å². The number of anilines is 1. The van der Waals surface area contributed by atoms with Crippen molar-refractivity contribution in [3.8, 4) is 0 Å². The number of amides is 1. The van der Waals surface area contributed by atoms with Gasteiger partial charge in [-0.05, 0) is 18.6 Å². The van der Waals surface area contributed by atoms with Crippen LogP contribution in [-0.2, 0) is 20.8 Å². The highest BCUT2D eigenvalue weighted by atomic mass is 32.2. The fourth-order valence-corrected chi connectivity index (χ4v) is 7.06. The molecule has 148 valence electrons. The number of rotatable bonds is 3. The van der Waals surface area contributed by atoms with Crippen LogP contribution in [0.1, 0.15) is 25.8 Å². The molecule has 0 radical (unpaired) electrons. The third-order valence-corrected chi connectivity index (χ3v) is 7.99. The van der Waals surface area contributed by atoms with Crippen LogP contribution in [0.3, 0.4) is 0 Å². The van der Waals surface area contributed by atoms with E-state index in [0.717, 1.165) is 17.8 Å². The van der Waals surface area contributed by atoms with Crippen LogP contribution in [0.25, 0.3) is 0 Å². The molecule has 0 aromatic heterocycles. The molecule has 0 unspecified atom stereocenters. The number of thioether (sulfide) groups is 1. The topological polar surface area (TPSA) is 66.8 Å². The Labute approximate surface area is 159 Å². The summed E-state index contributed by atoms with van der Waals surface area (Å²) < 4.78 is 64.6. The lowest BCUT2D eigenvalue weighted by Gasteiger charge is -2.27. The molecule has 1 aromatic rings. The molecule has 2 fully saturated rings. The summed E-state index contributed by atoms with van der Waals surface area (Å²) in [5, 5.41) is -0.304. The molecule has 0 spiro atoms. The molecule has 2 aliphatic heterocycles. The maximum absolute atomic E-state index is 13.5. The minimum Gasteiger partial charge on any atom is -0.315 e. The fourth-order valence-electron chi connectivity index (χ4n) is 3.15. The summed E-state index contributed by atoms with van der Waals surface area (Å²) in [6, 6.07) is 4.30. The number of amidine groups is 1. The molecule has 3 rings (SSSR count). The molecule has 0 aliphatic carbocycles. The Morgan fingerprint density at radius 2 is 2.00 bits per heavy atom.